The minimum atomic E-state index is -0.317. The van der Waals surface area contributed by atoms with Crippen molar-refractivity contribution in [2.45, 2.75) is 31.7 Å². The van der Waals surface area contributed by atoms with Gasteiger partial charge in [-0.1, -0.05) is 11.6 Å². The highest BCUT2D eigenvalue weighted by molar-refractivity contribution is 6.31. The molecule has 1 amide bonds. The molecular formula is C22H18ClFN2O3. The lowest BCUT2D eigenvalue weighted by Gasteiger charge is -2.11. The molecule has 7 heteroatoms. The van der Waals surface area contributed by atoms with E-state index in [0.717, 1.165) is 11.9 Å². The van der Waals surface area contributed by atoms with E-state index in [4.69, 9.17) is 20.4 Å². The smallest absolute Gasteiger partial charge is 0.220 e. The summed E-state index contributed by atoms with van der Waals surface area (Å²) in [6, 6.07) is 11.2. The maximum atomic E-state index is 13.3. The molecule has 0 bridgehead atoms. The summed E-state index contributed by atoms with van der Waals surface area (Å²) in [7, 11) is 0. The van der Waals surface area contributed by atoms with Gasteiger partial charge in [0.05, 0.1) is 6.04 Å². The van der Waals surface area contributed by atoms with E-state index < -0.39 is 0 Å². The first-order chi connectivity index (χ1) is 14.0. The molecule has 148 valence electrons. The zero-order chi connectivity index (χ0) is 20.1. The standard InChI is InChI=1S/C22H18ClFN2O3/c1-11(20-8-13-6-15(24)3-5-18(13)28-20)25-21(27)9-12-7-16(12)22-26-17-10-14(23)2-4-19(17)29-22/h2-6,8,10-12,16H,7,9H2,1H3,(H,25,27)/t11-,12-,16-/m1/s1. The Morgan fingerprint density at radius 3 is 2.93 bits per heavy atom. The molecule has 1 aliphatic rings. The lowest BCUT2D eigenvalue weighted by Crippen LogP contribution is -2.26. The third-order valence-corrected chi connectivity index (χ3v) is 5.59. The van der Waals surface area contributed by atoms with Gasteiger partial charge in [-0.2, -0.15) is 0 Å². The number of hydrogen-bond donors (Lipinski definition) is 1. The number of oxazole rings is 1. The summed E-state index contributed by atoms with van der Waals surface area (Å²) in [5, 5.41) is 4.25. The summed E-state index contributed by atoms with van der Waals surface area (Å²) in [6.07, 6.45) is 1.26. The second-order valence-electron chi connectivity index (χ2n) is 7.59. The Hall–Kier alpha value is -2.86. The predicted octanol–water partition coefficient (Wildman–Crippen LogP) is 5.74. The summed E-state index contributed by atoms with van der Waals surface area (Å²) < 4.78 is 24.9. The summed E-state index contributed by atoms with van der Waals surface area (Å²) in [4.78, 5) is 17.0. The number of carbonyl (C=O) groups is 1. The van der Waals surface area contributed by atoms with E-state index in [2.05, 4.69) is 10.3 Å². The fourth-order valence-corrected chi connectivity index (χ4v) is 3.88. The van der Waals surface area contributed by atoms with Crippen molar-refractivity contribution in [3.63, 3.8) is 0 Å². The number of nitrogens with one attached hydrogen (secondary N) is 1. The van der Waals surface area contributed by atoms with Crippen LogP contribution in [-0.2, 0) is 4.79 Å². The van der Waals surface area contributed by atoms with Crippen LogP contribution < -0.4 is 5.32 Å². The van der Waals surface area contributed by atoms with Gasteiger partial charge < -0.3 is 14.2 Å². The fraction of sp³-hybridized carbons (Fsp3) is 0.273. The first kappa shape index (κ1) is 18.2. The molecule has 0 unspecified atom stereocenters. The molecule has 2 aromatic heterocycles. The van der Waals surface area contributed by atoms with Gasteiger partial charge in [-0.15, -0.1) is 0 Å². The van der Waals surface area contributed by atoms with E-state index in [0.29, 0.717) is 39.6 Å². The number of rotatable bonds is 5. The van der Waals surface area contributed by atoms with Crippen molar-refractivity contribution in [3.05, 3.63) is 65.0 Å². The van der Waals surface area contributed by atoms with Crippen molar-refractivity contribution in [2.24, 2.45) is 5.92 Å². The molecule has 5 rings (SSSR count). The Balaban J connectivity index is 1.21. The molecule has 0 radical (unpaired) electrons. The monoisotopic (exact) mass is 412 g/mol. The van der Waals surface area contributed by atoms with E-state index >= 15 is 0 Å². The highest BCUT2D eigenvalue weighted by Crippen LogP contribution is 2.49. The number of fused-ring (bicyclic) bond motifs is 2. The number of benzene rings is 2. The van der Waals surface area contributed by atoms with Gasteiger partial charge in [-0.25, -0.2) is 9.37 Å². The van der Waals surface area contributed by atoms with Crippen molar-refractivity contribution in [2.75, 3.05) is 0 Å². The Morgan fingerprint density at radius 1 is 1.24 bits per heavy atom. The number of furan rings is 1. The van der Waals surface area contributed by atoms with Crippen LogP contribution in [0.15, 0.2) is 51.3 Å². The van der Waals surface area contributed by atoms with Gasteiger partial charge in [0, 0.05) is 22.7 Å². The second-order valence-corrected chi connectivity index (χ2v) is 8.03. The van der Waals surface area contributed by atoms with Crippen LogP contribution in [0.1, 0.15) is 43.4 Å². The molecule has 4 aromatic rings. The summed E-state index contributed by atoms with van der Waals surface area (Å²) in [6.45, 7) is 1.85. The minimum Gasteiger partial charge on any atom is -0.459 e. The van der Waals surface area contributed by atoms with E-state index in [-0.39, 0.29) is 29.6 Å². The topological polar surface area (TPSA) is 68.3 Å². The maximum absolute atomic E-state index is 13.3. The van der Waals surface area contributed by atoms with Crippen LogP contribution in [0.3, 0.4) is 0 Å². The average Bonchev–Trinajstić information content (AvgIpc) is 3.11. The lowest BCUT2D eigenvalue weighted by atomic mass is 10.2. The minimum absolute atomic E-state index is 0.0595. The predicted molar refractivity (Wildman–Crippen MR) is 107 cm³/mol. The molecule has 29 heavy (non-hydrogen) atoms. The van der Waals surface area contributed by atoms with Crippen molar-refractivity contribution in [1.29, 1.82) is 0 Å². The van der Waals surface area contributed by atoms with Crippen molar-refractivity contribution < 1.29 is 18.0 Å². The van der Waals surface area contributed by atoms with Crippen LogP contribution in [0.2, 0.25) is 5.02 Å². The second kappa shape index (κ2) is 6.88. The van der Waals surface area contributed by atoms with Crippen LogP contribution in [-0.4, -0.2) is 10.9 Å². The highest BCUT2D eigenvalue weighted by atomic mass is 35.5. The van der Waals surface area contributed by atoms with Crippen LogP contribution in [0.5, 0.6) is 0 Å². The number of hydrogen-bond acceptors (Lipinski definition) is 4. The van der Waals surface area contributed by atoms with Gasteiger partial charge in [0.15, 0.2) is 11.5 Å². The summed E-state index contributed by atoms with van der Waals surface area (Å²) in [5.74, 6) is 1.24. The Labute approximate surface area is 170 Å². The fourth-order valence-electron chi connectivity index (χ4n) is 3.71. The van der Waals surface area contributed by atoms with Gasteiger partial charge in [-0.3, -0.25) is 4.79 Å². The first-order valence-corrected chi connectivity index (χ1v) is 9.88. The third-order valence-electron chi connectivity index (χ3n) is 5.36. The molecule has 0 spiro atoms. The quantitative estimate of drug-likeness (QED) is 0.454. The van der Waals surface area contributed by atoms with Crippen LogP contribution >= 0.6 is 11.6 Å². The van der Waals surface area contributed by atoms with Gasteiger partial charge in [-0.05, 0) is 61.7 Å². The van der Waals surface area contributed by atoms with Gasteiger partial charge in [0.1, 0.15) is 22.7 Å². The normalized spacial score (nSPS) is 19.6. The highest BCUT2D eigenvalue weighted by Gasteiger charge is 2.43. The van der Waals surface area contributed by atoms with Gasteiger partial charge in [0.25, 0.3) is 0 Å². The van der Waals surface area contributed by atoms with Crippen molar-refractivity contribution in [1.82, 2.24) is 10.3 Å². The Morgan fingerprint density at radius 2 is 2.07 bits per heavy atom. The molecule has 2 heterocycles. The van der Waals surface area contributed by atoms with E-state index in [1.807, 2.05) is 6.92 Å². The number of aromatic nitrogens is 1. The molecule has 1 aliphatic carbocycles. The van der Waals surface area contributed by atoms with E-state index in [1.54, 1.807) is 30.3 Å². The molecule has 0 saturated heterocycles. The molecule has 1 N–H and O–H groups in total. The summed E-state index contributed by atoms with van der Waals surface area (Å²) in [5.41, 5.74) is 2.04. The molecule has 3 atom stereocenters. The molecule has 0 aliphatic heterocycles. The third kappa shape index (κ3) is 3.60. The van der Waals surface area contributed by atoms with Crippen LogP contribution in [0.4, 0.5) is 4.39 Å². The Kier molecular flexibility index (Phi) is 4.32. The molecule has 2 aromatic carbocycles. The number of nitrogens with zero attached hydrogens (tertiary/aromatic N) is 1. The first-order valence-electron chi connectivity index (χ1n) is 9.50. The number of halogens is 2. The molecule has 1 fully saturated rings. The van der Waals surface area contributed by atoms with Gasteiger partial charge in [0.2, 0.25) is 5.91 Å². The molecule has 5 nitrogen and oxygen atoms in total. The van der Waals surface area contributed by atoms with Crippen LogP contribution in [0, 0.1) is 11.7 Å². The van der Waals surface area contributed by atoms with Crippen LogP contribution in [0.25, 0.3) is 22.1 Å². The summed E-state index contributed by atoms with van der Waals surface area (Å²) >= 11 is 5.99. The zero-order valence-corrected chi connectivity index (χ0v) is 16.4. The van der Waals surface area contributed by atoms with E-state index in [9.17, 15) is 9.18 Å². The Bertz CT molecular complexity index is 1230. The number of amides is 1. The number of carbonyl (C=O) groups excluding carboxylic acids is 1. The van der Waals surface area contributed by atoms with Crippen molar-refractivity contribution in [3.8, 4) is 0 Å². The maximum Gasteiger partial charge on any atom is 0.220 e. The lowest BCUT2D eigenvalue weighted by molar-refractivity contribution is -0.122. The van der Waals surface area contributed by atoms with Crippen molar-refractivity contribution >= 4 is 39.6 Å². The van der Waals surface area contributed by atoms with E-state index in [1.165, 1.54) is 12.1 Å². The average molecular weight is 413 g/mol. The molecular weight excluding hydrogens is 395 g/mol. The largest absolute Gasteiger partial charge is 0.459 e. The SMILES string of the molecule is C[C@@H](NC(=O)C[C@H]1C[C@H]1c1nc2cc(Cl)ccc2o1)c1cc2cc(F)ccc2o1. The zero-order valence-electron chi connectivity index (χ0n) is 15.6. The molecule has 1 saturated carbocycles. The van der Waals surface area contributed by atoms with Gasteiger partial charge >= 0.3 is 0 Å².